The Kier molecular flexibility index (Phi) is 6.25. The predicted molar refractivity (Wildman–Crippen MR) is 181 cm³/mol. The fourth-order valence-electron chi connectivity index (χ4n) is 7.32. The maximum absolute atomic E-state index is 6.78. The third-order valence-electron chi connectivity index (χ3n) is 8.93. The van der Waals surface area contributed by atoms with Gasteiger partial charge >= 0.3 is 0 Å². The molecule has 3 unspecified atom stereocenters. The molecule has 0 amide bonds. The highest BCUT2D eigenvalue weighted by Crippen LogP contribution is 2.64. The summed E-state index contributed by atoms with van der Waals surface area (Å²) in [5, 5.41) is 18.5. The first-order valence-corrected chi connectivity index (χ1v) is 16.1. The lowest BCUT2D eigenvalue weighted by Gasteiger charge is -2.50. The Bertz CT molecular complexity index is 2160. The first-order valence-electron chi connectivity index (χ1n) is 15.2. The van der Waals surface area contributed by atoms with E-state index in [1.807, 2.05) is 54.9 Å². The minimum atomic E-state index is -1.21. The third-order valence-corrected chi connectivity index (χ3v) is 9.93. The number of hydrazine groups is 2. The van der Waals surface area contributed by atoms with Crippen LogP contribution in [0.25, 0.3) is 10.8 Å². The molecule has 47 heavy (non-hydrogen) atoms. The van der Waals surface area contributed by atoms with Gasteiger partial charge in [0.25, 0.3) is 0 Å². The van der Waals surface area contributed by atoms with E-state index in [9.17, 15) is 0 Å². The number of aromatic nitrogens is 5. The maximum atomic E-state index is 6.78. The lowest BCUT2D eigenvalue weighted by Crippen LogP contribution is -2.64. The summed E-state index contributed by atoms with van der Waals surface area (Å²) in [6.07, 6.45) is 17.9. The van der Waals surface area contributed by atoms with Gasteiger partial charge in [-0.15, -0.1) is 11.3 Å². The lowest BCUT2D eigenvalue weighted by atomic mass is 9.64. The normalized spacial score (nSPS) is 22.3. The zero-order valence-corrected chi connectivity index (χ0v) is 25.7. The van der Waals surface area contributed by atoms with Crippen LogP contribution in [-0.4, -0.2) is 31.3 Å². The average molecular weight is 637 g/mol. The fraction of sp³-hybridized carbons (Fsp3) is 0.0833. The van der Waals surface area contributed by atoms with Crippen molar-refractivity contribution < 1.29 is 9.15 Å². The molecule has 7 aromatic rings. The molecule has 9 rings (SSSR count). The van der Waals surface area contributed by atoms with E-state index in [1.165, 1.54) is 0 Å². The molecule has 3 atom stereocenters. The van der Waals surface area contributed by atoms with Crippen LogP contribution in [0, 0.1) is 0 Å². The van der Waals surface area contributed by atoms with E-state index < -0.39 is 17.2 Å². The first-order chi connectivity index (χ1) is 23.3. The van der Waals surface area contributed by atoms with Crippen molar-refractivity contribution in [2.75, 3.05) is 15.1 Å². The number of ether oxygens (including phenoxy) is 1. The number of hydrogen-bond donors (Lipinski definition) is 2. The molecule has 0 radical (unpaired) electrons. The van der Waals surface area contributed by atoms with Crippen molar-refractivity contribution in [2.45, 2.75) is 17.2 Å². The summed E-state index contributed by atoms with van der Waals surface area (Å²) in [6.45, 7) is 0. The van der Waals surface area contributed by atoms with Crippen LogP contribution in [0.4, 0.5) is 17.5 Å². The topological polar surface area (TPSA) is 102 Å². The molecule has 7 heterocycles. The Morgan fingerprint density at radius 2 is 1.79 bits per heavy atom. The fourth-order valence-corrected chi connectivity index (χ4v) is 8.31. The van der Waals surface area contributed by atoms with Crippen LogP contribution in [-0.2, 0) is 15.8 Å². The van der Waals surface area contributed by atoms with Gasteiger partial charge in [0.1, 0.15) is 17.7 Å². The highest BCUT2D eigenvalue weighted by atomic mass is 32.1. The summed E-state index contributed by atoms with van der Waals surface area (Å²) in [4.78, 5) is 14.4. The van der Waals surface area contributed by atoms with Crippen molar-refractivity contribution in [3.63, 3.8) is 0 Å². The number of allylic oxidation sites excluding steroid dienone is 2. The Balaban J connectivity index is 1.57. The molecule has 2 aliphatic rings. The number of fused-ring (bicyclic) bond motifs is 1. The van der Waals surface area contributed by atoms with Crippen molar-refractivity contribution in [3.8, 4) is 0 Å². The molecular formula is C36H28N8O2S. The number of hydrogen-bond acceptors (Lipinski definition) is 9. The Labute approximate surface area is 273 Å². The molecule has 0 spiro atoms. The quantitative estimate of drug-likeness (QED) is 0.188. The standard InChI is InChI=1S/C36H28N8O2S/c1-2-11-27-26(9-1)10-5-12-28(27)35(29-25-37-20-21-38-29)36(31-14-8-24-47-31,30-13-3-4-22-45-30)43(34-16-7-23-46-34)44(32-15-6-18-39-32)42(35)33-17-19-40-41-33/h1-25,30,39H,(H,40,41). The lowest BCUT2D eigenvalue weighted by molar-refractivity contribution is 0.0692. The molecule has 230 valence electrons. The van der Waals surface area contributed by atoms with Crippen molar-refractivity contribution in [2.24, 2.45) is 0 Å². The second-order valence-electron chi connectivity index (χ2n) is 11.2. The van der Waals surface area contributed by atoms with Crippen LogP contribution in [0.15, 0.2) is 156 Å². The van der Waals surface area contributed by atoms with Gasteiger partial charge in [-0.25, -0.2) is 10.0 Å². The second kappa shape index (κ2) is 10.8. The molecular weight excluding hydrogens is 609 g/mol. The van der Waals surface area contributed by atoms with Gasteiger partial charge in [0, 0.05) is 35.6 Å². The Morgan fingerprint density at radius 3 is 2.53 bits per heavy atom. The molecule has 5 aromatic heterocycles. The van der Waals surface area contributed by atoms with E-state index >= 15 is 0 Å². The minimum Gasteiger partial charge on any atom is -0.491 e. The summed E-state index contributed by atoms with van der Waals surface area (Å²) < 4.78 is 13.2. The van der Waals surface area contributed by atoms with Gasteiger partial charge in [0.05, 0.1) is 30.6 Å². The number of nitrogens with zero attached hydrogens (tertiary/aromatic N) is 6. The predicted octanol–water partition coefficient (Wildman–Crippen LogP) is 7.31. The van der Waals surface area contributed by atoms with Crippen molar-refractivity contribution >= 4 is 39.6 Å². The Morgan fingerprint density at radius 1 is 0.830 bits per heavy atom. The number of nitrogens with one attached hydrogen (secondary N) is 2. The van der Waals surface area contributed by atoms with Gasteiger partial charge in [0.15, 0.2) is 11.1 Å². The molecule has 0 bridgehead atoms. The van der Waals surface area contributed by atoms with Crippen LogP contribution in [0.3, 0.4) is 0 Å². The summed E-state index contributed by atoms with van der Waals surface area (Å²) in [7, 11) is 0. The van der Waals surface area contributed by atoms with Gasteiger partial charge < -0.3 is 14.1 Å². The van der Waals surface area contributed by atoms with Crippen LogP contribution < -0.4 is 15.1 Å². The number of anilines is 3. The van der Waals surface area contributed by atoms with Gasteiger partial charge in [-0.05, 0) is 58.1 Å². The number of aromatic amines is 2. The third kappa shape index (κ3) is 3.74. The first kappa shape index (κ1) is 27.3. The minimum absolute atomic E-state index is 0.581. The second-order valence-corrected chi connectivity index (χ2v) is 12.2. The van der Waals surface area contributed by atoms with E-state index in [-0.39, 0.29) is 0 Å². The summed E-state index contributed by atoms with van der Waals surface area (Å²) >= 11 is 1.65. The molecule has 2 N–H and O–H groups in total. The number of thiophene rings is 1. The number of rotatable bonds is 7. The molecule has 10 nitrogen and oxygen atoms in total. The van der Waals surface area contributed by atoms with E-state index in [1.54, 1.807) is 42.5 Å². The van der Waals surface area contributed by atoms with E-state index in [4.69, 9.17) is 19.1 Å². The highest BCUT2D eigenvalue weighted by molar-refractivity contribution is 7.10. The van der Waals surface area contributed by atoms with Crippen LogP contribution in [0.1, 0.15) is 16.1 Å². The van der Waals surface area contributed by atoms with Gasteiger partial charge in [-0.2, -0.15) is 10.2 Å². The van der Waals surface area contributed by atoms with Crippen molar-refractivity contribution in [1.29, 1.82) is 0 Å². The zero-order chi connectivity index (χ0) is 31.3. The van der Waals surface area contributed by atoms with Gasteiger partial charge in [0.2, 0.25) is 5.88 Å². The molecule has 2 aromatic carbocycles. The van der Waals surface area contributed by atoms with E-state index in [0.29, 0.717) is 17.4 Å². The molecule has 11 heteroatoms. The molecule has 0 saturated carbocycles. The zero-order valence-electron chi connectivity index (χ0n) is 24.9. The summed E-state index contributed by atoms with van der Waals surface area (Å²) in [5.74, 6) is 2.08. The summed E-state index contributed by atoms with van der Waals surface area (Å²) in [6, 6.07) is 29.0. The van der Waals surface area contributed by atoms with Gasteiger partial charge in [-0.1, -0.05) is 54.6 Å². The average Bonchev–Trinajstić information content (AvgIpc) is 3.98. The Hall–Kier alpha value is -6.07. The van der Waals surface area contributed by atoms with Crippen molar-refractivity contribution in [1.82, 2.24) is 25.1 Å². The number of H-pyrrole nitrogens is 2. The molecule has 2 aliphatic heterocycles. The molecule has 1 saturated heterocycles. The van der Waals surface area contributed by atoms with Crippen LogP contribution in [0.5, 0.6) is 0 Å². The largest absolute Gasteiger partial charge is 0.491 e. The molecule has 0 aliphatic carbocycles. The van der Waals surface area contributed by atoms with Gasteiger partial charge in [-0.3, -0.25) is 15.1 Å². The number of furan rings is 1. The van der Waals surface area contributed by atoms with Crippen LogP contribution >= 0.6 is 11.3 Å². The maximum Gasteiger partial charge on any atom is 0.216 e. The summed E-state index contributed by atoms with van der Waals surface area (Å²) in [5.41, 5.74) is -0.679. The van der Waals surface area contributed by atoms with Crippen LogP contribution in [0.2, 0.25) is 0 Å². The smallest absolute Gasteiger partial charge is 0.216 e. The monoisotopic (exact) mass is 636 g/mol. The highest BCUT2D eigenvalue weighted by Gasteiger charge is 2.76. The van der Waals surface area contributed by atoms with E-state index in [0.717, 1.165) is 27.0 Å². The number of benzene rings is 2. The van der Waals surface area contributed by atoms with Crippen molar-refractivity contribution in [3.05, 3.63) is 168 Å². The SMILES string of the molecule is C1=COC(C2(c3cccs3)N(c3ccco3)N(c3ccc[nH]3)N(c3ccn[nH]3)C2(c2cnccn2)c2cccc3ccccc23)C=C1. The molecule has 1 fully saturated rings. The van der Waals surface area contributed by atoms with E-state index in [2.05, 4.69) is 96.4 Å².